The summed E-state index contributed by atoms with van der Waals surface area (Å²) in [6, 6.07) is 9.87. The van der Waals surface area contributed by atoms with Gasteiger partial charge >= 0.3 is 6.03 Å². The summed E-state index contributed by atoms with van der Waals surface area (Å²) in [4.78, 5) is 25.1. The molecule has 0 aliphatic carbocycles. The Kier molecular flexibility index (Phi) is 4.81. The van der Waals surface area contributed by atoms with Gasteiger partial charge in [0.15, 0.2) is 5.11 Å². The van der Waals surface area contributed by atoms with Crippen molar-refractivity contribution >= 4 is 29.3 Å². The first-order valence-corrected chi connectivity index (χ1v) is 8.23. The minimum Gasteiger partial charge on any atom is -0.497 e. The van der Waals surface area contributed by atoms with E-state index in [0.29, 0.717) is 23.6 Å². The van der Waals surface area contributed by atoms with Crippen molar-refractivity contribution in [2.24, 2.45) is 0 Å². The smallest absolute Gasteiger partial charge is 0.344 e. The number of imide groups is 1. The first-order chi connectivity index (χ1) is 12.4. The molecule has 2 aromatic rings. The molecule has 0 spiro atoms. The van der Waals surface area contributed by atoms with Crippen molar-refractivity contribution in [3.63, 3.8) is 0 Å². The van der Waals surface area contributed by atoms with E-state index < -0.39 is 17.5 Å². The number of furan rings is 1. The maximum Gasteiger partial charge on any atom is 0.344 e. The second kappa shape index (κ2) is 7.04. The fourth-order valence-electron chi connectivity index (χ4n) is 2.58. The number of hydrogen-bond acceptors (Lipinski definition) is 5. The average Bonchev–Trinajstić information content (AvgIpc) is 3.23. The maximum atomic E-state index is 12.8. The van der Waals surface area contributed by atoms with Crippen molar-refractivity contribution in [3.05, 3.63) is 54.0 Å². The zero-order chi connectivity index (χ0) is 18.7. The molecular weight excluding hydrogens is 356 g/mol. The number of methoxy groups -OCH3 is 1. The lowest BCUT2D eigenvalue weighted by molar-refractivity contribution is -0.132. The van der Waals surface area contributed by atoms with Crippen molar-refractivity contribution < 1.29 is 18.7 Å². The highest BCUT2D eigenvalue weighted by molar-refractivity contribution is 7.80. The molecule has 1 aromatic heterocycles. The van der Waals surface area contributed by atoms with E-state index in [0.717, 1.165) is 5.01 Å². The van der Waals surface area contributed by atoms with Gasteiger partial charge in [0, 0.05) is 0 Å². The first kappa shape index (κ1) is 17.7. The average molecular weight is 374 g/mol. The number of thiocarbonyl (C=S) groups is 1. The Morgan fingerprint density at radius 2 is 2.04 bits per heavy atom. The molecule has 3 rings (SSSR count). The van der Waals surface area contributed by atoms with Gasteiger partial charge in [-0.2, -0.15) is 5.01 Å². The van der Waals surface area contributed by atoms with Gasteiger partial charge in [0.2, 0.25) is 0 Å². The Morgan fingerprint density at radius 3 is 2.65 bits per heavy atom. The van der Waals surface area contributed by atoms with E-state index in [4.69, 9.17) is 21.4 Å². The molecular formula is C17H18N4O4S. The van der Waals surface area contributed by atoms with Crippen LogP contribution in [0.3, 0.4) is 0 Å². The molecule has 0 saturated carbocycles. The Hall–Kier alpha value is -3.07. The van der Waals surface area contributed by atoms with Crippen molar-refractivity contribution in [3.8, 4) is 5.75 Å². The van der Waals surface area contributed by atoms with Crippen LogP contribution in [0.4, 0.5) is 4.79 Å². The number of nitrogens with one attached hydrogen (secondary N) is 3. The molecule has 1 atom stereocenters. The van der Waals surface area contributed by atoms with E-state index in [-0.39, 0.29) is 5.11 Å². The van der Waals surface area contributed by atoms with Gasteiger partial charge in [0.05, 0.1) is 19.9 Å². The summed E-state index contributed by atoms with van der Waals surface area (Å²) in [5, 5.41) is 6.55. The van der Waals surface area contributed by atoms with E-state index >= 15 is 0 Å². The molecule has 1 aliphatic heterocycles. The molecule has 1 saturated heterocycles. The van der Waals surface area contributed by atoms with Crippen LogP contribution in [0.25, 0.3) is 0 Å². The van der Waals surface area contributed by atoms with Gasteiger partial charge < -0.3 is 19.8 Å². The number of rotatable bonds is 5. The van der Waals surface area contributed by atoms with Crippen LogP contribution in [-0.4, -0.2) is 29.2 Å². The fraction of sp³-hybridized carbons (Fsp3) is 0.235. The summed E-state index contributed by atoms with van der Waals surface area (Å²) in [5.74, 6) is 0.872. The monoisotopic (exact) mass is 374 g/mol. The van der Waals surface area contributed by atoms with Gasteiger partial charge in [-0.05, 0) is 49.0 Å². The predicted molar refractivity (Wildman–Crippen MR) is 97.0 cm³/mol. The van der Waals surface area contributed by atoms with Crippen LogP contribution in [-0.2, 0) is 16.9 Å². The van der Waals surface area contributed by atoms with Crippen molar-refractivity contribution in [1.29, 1.82) is 0 Å². The van der Waals surface area contributed by atoms with E-state index in [9.17, 15) is 9.59 Å². The topological polar surface area (TPSA) is 95.8 Å². The lowest BCUT2D eigenvalue weighted by Crippen LogP contribution is -2.51. The third-order valence-electron chi connectivity index (χ3n) is 4.07. The fourth-order valence-corrected chi connectivity index (χ4v) is 2.75. The summed E-state index contributed by atoms with van der Waals surface area (Å²) in [6.07, 6.45) is 1.55. The summed E-state index contributed by atoms with van der Waals surface area (Å²) in [5.41, 5.74) is 2.05. The SMILES string of the molecule is COc1ccc([C@@]2(C)NC(=O)N(NC(=S)NCc3ccco3)C2=O)cc1. The zero-order valence-corrected chi connectivity index (χ0v) is 15.1. The molecule has 1 fully saturated rings. The maximum absolute atomic E-state index is 12.8. The largest absolute Gasteiger partial charge is 0.497 e. The molecule has 0 bridgehead atoms. The van der Waals surface area contributed by atoms with Gasteiger partial charge in [0.25, 0.3) is 5.91 Å². The predicted octanol–water partition coefficient (Wildman–Crippen LogP) is 1.63. The lowest BCUT2D eigenvalue weighted by atomic mass is 9.92. The van der Waals surface area contributed by atoms with Gasteiger partial charge in [-0.3, -0.25) is 10.2 Å². The van der Waals surface area contributed by atoms with Crippen molar-refractivity contribution in [2.45, 2.75) is 19.0 Å². The van der Waals surface area contributed by atoms with Gasteiger partial charge in [-0.15, -0.1) is 0 Å². The van der Waals surface area contributed by atoms with Crippen LogP contribution in [0.5, 0.6) is 5.75 Å². The molecule has 1 aromatic carbocycles. The zero-order valence-electron chi connectivity index (χ0n) is 14.2. The summed E-state index contributed by atoms with van der Waals surface area (Å²) < 4.78 is 10.3. The highest BCUT2D eigenvalue weighted by atomic mass is 32.1. The highest BCUT2D eigenvalue weighted by Crippen LogP contribution is 2.29. The van der Waals surface area contributed by atoms with Gasteiger partial charge in [-0.25, -0.2) is 4.79 Å². The number of amides is 3. The number of ether oxygens (including phenoxy) is 1. The summed E-state index contributed by atoms with van der Waals surface area (Å²) in [7, 11) is 1.56. The van der Waals surface area contributed by atoms with Crippen molar-refractivity contribution in [2.75, 3.05) is 7.11 Å². The molecule has 0 unspecified atom stereocenters. The van der Waals surface area contributed by atoms with Crippen LogP contribution in [0.15, 0.2) is 47.1 Å². The van der Waals surface area contributed by atoms with E-state index in [1.165, 1.54) is 0 Å². The first-order valence-electron chi connectivity index (χ1n) is 7.82. The minimum atomic E-state index is -1.20. The number of carbonyl (C=O) groups is 2. The number of benzene rings is 1. The standard InChI is InChI=1S/C17H18N4O4S/c1-17(11-5-7-12(24-2)8-6-11)14(22)21(16(23)19-17)20-15(26)18-10-13-4-3-9-25-13/h3-9H,10H2,1-2H3,(H,19,23)(H2,18,20,26)/t17-/m1/s1. The quantitative estimate of drug-likeness (QED) is 0.541. The van der Waals surface area contributed by atoms with E-state index in [1.807, 2.05) is 0 Å². The number of nitrogens with zero attached hydrogens (tertiary/aromatic N) is 1. The van der Waals surface area contributed by atoms with E-state index in [2.05, 4.69) is 16.1 Å². The molecule has 3 N–H and O–H groups in total. The second-order valence-corrected chi connectivity index (χ2v) is 6.21. The second-order valence-electron chi connectivity index (χ2n) is 5.80. The van der Waals surface area contributed by atoms with Crippen LogP contribution in [0.2, 0.25) is 0 Å². The number of carbonyl (C=O) groups excluding carboxylic acids is 2. The van der Waals surface area contributed by atoms with Crippen LogP contribution >= 0.6 is 12.2 Å². The summed E-state index contributed by atoms with van der Waals surface area (Å²) >= 11 is 5.14. The molecule has 8 nitrogen and oxygen atoms in total. The molecule has 1 aliphatic rings. The Bertz CT molecular complexity index is 822. The third kappa shape index (κ3) is 3.33. The summed E-state index contributed by atoms with van der Waals surface area (Å²) in [6.45, 7) is 1.97. The number of urea groups is 1. The van der Waals surface area contributed by atoms with Gasteiger partial charge in [-0.1, -0.05) is 12.1 Å². The molecule has 2 heterocycles. The highest BCUT2D eigenvalue weighted by Gasteiger charge is 2.49. The Morgan fingerprint density at radius 1 is 1.31 bits per heavy atom. The van der Waals surface area contributed by atoms with Crippen LogP contribution < -0.4 is 20.8 Å². The van der Waals surface area contributed by atoms with Crippen LogP contribution in [0, 0.1) is 0 Å². The number of hydrazine groups is 1. The molecule has 26 heavy (non-hydrogen) atoms. The molecule has 9 heteroatoms. The normalized spacial score (nSPS) is 19.2. The van der Waals surface area contributed by atoms with Crippen molar-refractivity contribution in [1.82, 2.24) is 21.1 Å². The molecule has 136 valence electrons. The Balaban J connectivity index is 1.68. The lowest BCUT2D eigenvalue weighted by Gasteiger charge is -2.22. The number of hydrogen-bond donors (Lipinski definition) is 3. The van der Waals surface area contributed by atoms with Gasteiger partial charge in [0.1, 0.15) is 17.0 Å². The minimum absolute atomic E-state index is 0.129. The van der Waals surface area contributed by atoms with E-state index in [1.54, 1.807) is 56.7 Å². The molecule has 0 radical (unpaired) electrons. The van der Waals surface area contributed by atoms with Crippen LogP contribution in [0.1, 0.15) is 18.2 Å². The Labute approximate surface area is 155 Å². The molecule has 3 amide bonds. The third-order valence-corrected chi connectivity index (χ3v) is 4.31.